The van der Waals surface area contributed by atoms with Crippen LogP contribution in [0.4, 0.5) is 5.82 Å². The number of hydrogen-bond acceptors (Lipinski definition) is 4. The second-order valence-electron chi connectivity index (χ2n) is 4.33. The Bertz CT molecular complexity index is 411. The summed E-state index contributed by atoms with van der Waals surface area (Å²) in [6.45, 7) is 8.11. The van der Waals surface area contributed by atoms with Crippen molar-refractivity contribution in [3.63, 3.8) is 0 Å². The summed E-state index contributed by atoms with van der Waals surface area (Å²) in [4.78, 5) is 6.75. The van der Waals surface area contributed by atoms with Gasteiger partial charge in [-0.05, 0) is 31.9 Å². The molecule has 100 valence electrons. The van der Waals surface area contributed by atoms with E-state index in [1.807, 2.05) is 19.1 Å². The molecule has 5 heteroatoms. The zero-order valence-corrected chi connectivity index (χ0v) is 11.3. The van der Waals surface area contributed by atoms with E-state index in [2.05, 4.69) is 28.9 Å². The molecule has 0 aliphatic heterocycles. The largest absolute Gasteiger partial charge is 0.409 e. The molecule has 0 saturated heterocycles. The van der Waals surface area contributed by atoms with Gasteiger partial charge in [0.2, 0.25) is 0 Å². The second kappa shape index (κ2) is 6.83. The highest BCUT2D eigenvalue weighted by Crippen LogP contribution is 2.16. The Labute approximate surface area is 108 Å². The maximum Gasteiger partial charge on any atom is 0.170 e. The third-order valence-electron chi connectivity index (χ3n) is 2.65. The zero-order chi connectivity index (χ0) is 13.5. The summed E-state index contributed by atoms with van der Waals surface area (Å²) in [6.07, 6.45) is 2.13. The highest BCUT2D eigenvalue weighted by atomic mass is 16.4. The summed E-state index contributed by atoms with van der Waals surface area (Å²) < 4.78 is 0. The summed E-state index contributed by atoms with van der Waals surface area (Å²) in [5.74, 6) is 1.01. The average Bonchev–Trinajstić information content (AvgIpc) is 2.36. The first-order valence-corrected chi connectivity index (χ1v) is 6.33. The molecule has 1 heterocycles. The van der Waals surface area contributed by atoms with Crippen molar-refractivity contribution in [1.82, 2.24) is 4.98 Å². The molecule has 0 bridgehead atoms. The van der Waals surface area contributed by atoms with E-state index >= 15 is 0 Å². The van der Waals surface area contributed by atoms with Gasteiger partial charge in [-0.1, -0.05) is 19.0 Å². The Morgan fingerprint density at radius 1 is 1.33 bits per heavy atom. The van der Waals surface area contributed by atoms with Gasteiger partial charge in [-0.25, -0.2) is 4.98 Å². The van der Waals surface area contributed by atoms with Gasteiger partial charge in [0.25, 0.3) is 0 Å². The van der Waals surface area contributed by atoms with Crippen molar-refractivity contribution < 1.29 is 5.21 Å². The van der Waals surface area contributed by atoms with Crippen LogP contribution in [0.5, 0.6) is 0 Å². The lowest BCUT2D eigenvalue weighted by Crippen LogP contribution is -2.26. The molecule has 0 amide bonds. The van der Waals surface area contributed by atoms with Crippen molar-refractivity contribution in [2.75, 3.05) is 18.0 Å². The fourth-order valence-electron chi connectivity index (χ4n) is 1.90. The van der Waals surface area contributed by atoms with Crippen LogP contribution < -0.4 is 10.6 Å². The van der Waals surface area contributed by atoms with Crippen LogP contribution in [0.1, 0.15) is 37.9 Å². The topological polar surface area (TPSA) is 74.7 Å². The Morgan fingerprint density at radius 3 is 2.44 bits per heavy atom. The normalized spacial score (nSPS) is 11.6. The predicted molar refractivity (Wildman–Crippen MR) is 74.3 cm³/mol. The maximum atomic E-state index is 8.74. The van der Waals surface area contributed by atoms with Crippen molar-refractivity contribution in [2.24, 2.45) is 10.9 Å². The van der Waals surface area contributed by atoms with Crippen LogP contribution >= 0.6 is 0 Å². The Kier molecular flexibility index (Phi) is 5.42. The van der Waals surface area contributed by atoms with Crippen molar-refractivity contribution in [1.29, 1.82) is 0 Å². The van der Waals surface area contributed by atoms with E-state index in [0.717, 1.165) is 37.4 Å². The number of anilines is 1. The lowest BCUT2D eigenvalue weighted by atomic mass is 10.2. The SMILES string of the molecule is CCCN(CCC)c1cc(/C(N)=N/O)cc(C)n1. The number of hydrogen-bond donors (Lipinski definition) is 2. The first-order valence-electron chi connectivity index (χ1n) is 6.33. The van der Waals surface area contributed by atoms with Crippen LogP contribution in [0.15, 0.2) is 17.3 Å². The molecule has 1 rings (SSSR count). The standard InChI is InChI=1S/C13H22N4O/c1-4-6-17(7-5-2)12-9-11(13(14)16-18)8-10(3)15-12/h8-9,18H,4-7H2,1-3H3,(H2,14,16). The van der Waals surface area contributed by atoms with E-state index in [1.165, 1.54) is 0 Å². The van der Waals surface area contributed by atoms with Crippen LogP contribution in [0.3, 0.4) is 0 Å². The van der Waals surface area contributed by atoms with Crippen molar-refractivity contribution in [3.8, 4) is 0 Å². The number of nitrogens with two attached hydrogens (primary N) is 1. The van der Waals surface area contributed by atoms with E-state index in [1.54, 1.807) is 0 Å². The summed E-state index contributed by atoms with van der Waals surface area (Å²) in [5, 5.41) is 11.8. The Balaban J connectivity index is 3.10. The Hall–Kier alpha value is -1.78. The molecule has 3 N–H and O–H groups in total. The molecule has 5 nitrogen and oxygen atoms in total. The van der Waals surface area contributed by atoms with Gasteiger partial charge in [0.1, 0.15) is 5.82 Å². The summed E-state index contributed by atoms with van der Waals surface area (Å²) in [7, 11) is 0. The van der Waals surface area contributed by atoms with Gasteiger partial charge in [0.05, 0.1) is 0 Å². The molecule has 0 aliphatic carbocycles. The van der Waals surface area contributed by atoms with Gasteiger partial charge >= 0.3 is 0 Å². The van der Waals surface area contributed by atoms with Gasteiger partial charge in [0.15, 0.2) is 5.84 Å². The van der Waals surface area contributed by atoms with Crippen LogP contribution in [0.25, 0.3) is 0 Å². The van der Waals surface area contributed by atoms with Crippen LogP contribution in [-0.4, -0.2) is 29.1 Å². The van der Waals surface area contributed by atoms with Gasteiger partial charge in [-0.3, -0.25) is 0 Å². The third-order valence-corrected chi connectivity index (χ3v) is 2.65. The average molecular weight is 250 g/mol. The van der Waals surface area contributed by atoms with Gasteiger partial charge in [-0.15, -0.1) is 0 Å². The monoisotopic (exact) mass is 250 g/mol. The van der Waals surface area contributed by atoms with Crippen LogP contribution in [0.2, 0.25) is 0 Å². The zero-order valence-electron chi connectivity index (χ0n) is 11.3. The first kappa shape index (κ1) is 14.3. The van der Waals surface area contributed by atoms with E-state index in [0.29, 0.717) is 5.56 Å². The number of aromatic nitrogens is 1. The molecule has 0 fully saturated rings. The first-order chi connectivity index (χ1) is 8.62. The quantitative estimate of drug-likeness (QED) is 0.351. The molecule has 0 saturated carbocycles. The highest BCUT2D eigenvalue weighted by Gasteiger charge is 2.10. The Morgan fingerprint density at radius 2 is 1.94 bits per heavy atom. The fourth-order valence-corrected chi connectivity index (χ4v) is 1.90. The van der Waals surface area contributed by atoms with Crippen molar-refractivity contribution >= 4 is 11.7 Å². The molecule has 0 unspecified atom stereocenters. The molecule has 0 spiro atoms. The minimum atomic E-state index is 0.120. The number of pyridine rings is 1. The minimum absolute atomic E-state index is 0.120. The summed E-state index contributed by atoms with van der Waals surface area (Å²) in [6, 6.07) is 3.68. The maximum absolute atomic E-state index is 8.74. The molecule has 18 heavy (non-hydrogen) atoms. The lowest BCUT2D eigenvalue weighted by molar-refractivity contribution is 0.318. The molecular weight excluding hydrogens is 228 g/mol. The van der Waals surface area contributed by atoms with Crippen LogP contribution in [0, 0.1) is 6.92 Å². The molecule has 1 aromatic rings. The van der Waals surface area contributed by atoms with E-state index in [-0.39, 0.29) is 5.84 Å². The highest BCUT2D eigenvalue weighted by molar-refractivity contribution is 5.97. The predicted octanol–water partition coefficient (Wildman–Crippen LogP) is 2.11. The number of oxime groups is 1. The summed E-state index contributed by atoms with van der Waals surface area (Å²) >= 11 is 0. The van der Waals surface area contributed by atoms with Crippen molar-refractivity contribution in [2.45, 2.75) is 33.6 Å². The number of nitrogens with zero attached hydrogens (tertiary/aromatic N) is 3. The van der Waals surface area contributed by atoms with Gasteiger partial charge < -0.3 is 15.8 Å². The lowest BCUT2D eigenvalue weighted by Gasteiger charge is -2.23. The smallest absolute Gasteiger partial charge is 0.170 e. The van der Waals surface area contributed by atoms with Gasteiger partial charge in [0, 0.05) is 24.3 Å². The van der Waals surface area contributed by atoms with Crippen LogP contribution in [-0.2, 0) is 0 Å². The number of rotatable bonds is 6. The molecule has 0 atom stereocenters. The molecule has 0 aromatic carbocycles. The third kappa shape index (κ3) is 3.61. The van der Waals surface area contributed by atoms with Gasteiger partial charge in [-0.2, -0.15) is 0 Å². The molecule has 1 aromatic heterocycles. The second-order valence-corrected chi connectivity index (χ2v) is 4.33. The number of amidine groups is 1. The van der Waals surface area contributed by atoms with E-state index < -0.39 is 0 Å². The molecular formula is C13H22N4O. The van der Waals surface area contributed by atoms with Crippen molar-refractivity contribution in [3.05, 3.63) is 23.4 Å². The number of aryl methyl sites for hydroxylation is 1. The van der Waals surface area contributed by atoms with E-state index in [4.69, 9.17) is 10.9 Å². The minimum Gasteiger partial charge on any atom is -0.409 e. The summed E-state index contributed by atoms with van der Waals surface area (Å²) in [5.41, 5.74) is 7.21. The fraction of sp³-hybridized carbons (Fsp3) is 0.538. The molecule has 0 aliphatic rings. The molecule has 0 radical (unpaired) electrons. The van der Waals surface area contributed by atoms with E-state index in [9.17, 15) is 0 Å².